The van der Waals surface area contributed by atoms with Crippen LogP contribution in [0.5, 0.6) is 5.75 Å². The van der Waals surface area contributed by atoms with E-state index in [2.05, 4.69) is 31.1 Å². The fourth-order valence-electron chi connectivity index (χ4n) is 6.73. The van der Waals surface area contributed by atoms with Gasteiger partial charge in [0.25, 0.3) is 0 Å². The summed E-state index contributed by atoms with van der Waals surface area (Å²) in [5.41, 5.74) is 1.64. The second kappa shape index (κ2) is 8.70. The van der Waals surface area contributed by atoms with Gasteiger partial charge >= 0.3 is 0 Å². The molecule has 5 rings (SSSR count). The molecule has 7 atom stereocenters. The molecule has 1 amide bonds. The summed E-state index contributed by atoms with van der Waals surface area (Å²) in [6.07, 6.45) is -0.615. The maximum atomic E-state index is 14.1. The Kier molecular flexibility index (Phi) is 6.13. The zero-order valence-electron chi connectivity index (χ0n) is 22.6. The van der Waals surface area contributed by atoms with Gasteiger partial charge in [-0.25, -0.2) is 0 Å². The largest absolute Gasteiger partial charge is 0.507 e. The number of nitrogens with one attached hydrogen (secondary N) is 1. The van der Waals surface area contributed by atoms with Crippen LogP contribution in [0, 0.1) is 11.3 Å². The number of carbonyl (C=O) groups is 2. The minimum atomic E-state index is -2.48. The van der Waals surface area contributed by atoms with Crippen molar-refractivity contribution in [2.24, 2.45) is 22.1 Å². The Labute approximate surface area is 226 Å². The van der Waals surface area contributed by atoms with Gasteiger partial charge in [0.1, 0.15) is 23.2 Å². The van der Waals surface area contributed by atoms with Gasteiger partial charge < -0.3 is 41.5 Å². The molecule has 0 aromatic heterocycles. The second-order valence-corrected chi connectivity index (χ2v) is 12.5. The number of nitrogens with two attached hydrogens (primary N) is 1. The number of phenolic OH excluding ortho intramolecular Hbond substituents is 1. The number of aliphatic hydroxyl groups is 4. The number of likely N-dealkylation sites (N-methyl/N-ethyl adjacent to an activating group) is 1. The molecule has 11 nitrogen and oxygen atoms in total. The number of primary amides is 1. The van der Waals surface area contributed by atoms with Gasteiger partial charge in [0, 0.05) is 42.4 Å². The number of carbonyl (C=O) groups excluding carboxylic acids is 2. The molecule has 0 bridgehead atoms. The lowest BCUT2D eigenvalue weighted by Gasteiger charge is -2.60. The first-order valence-electron chi connectivity index (χ1n) is 12.9. The van der Waals surface area contributed by atoms with E-state index in [0.717, 1.165) is 6.08 Å². The van der Waals surface area contributed by atoms with Crippen molar-refractivity contribution < 1.29 is 35.1 Å². The first kappa shape index (κ1) is 27.5. The Balaban J connectivity index is 1.69. The van der Waals surface area contributed by atoms with Gasteiger partial charge in [-0.2, -0.15) is 0 Å². The Hall–Kier alpha value is -3.09. The average Bonchev–Trinajstić information content (AvgIpc) is 2.80. The molecule has 1 fully saturated rings. The number of rotatable bonds is 5. The van der Waals surface area contributed by atoms with Crippen molar-refractivity contribution in [3.63, 3.8) is 0 Å². The van der Waals surface area contributed by atoms with E-state index in [0.29, 0.717) is 24.2 Å². The Morgan fingerprint density at radius 3 is 2.41 bits per heavy atom. The highest BCUT2D eigenvalue weighted by atomic mass is 16.3. The minimum Gasteiger partial charge on any atom is -0.507 e. The minimum absolute atomic E-state index is 0.00184. The normalized spacial score (nSPS) is 35.1. The molecule has 1 saturated carbocycles. The summed E-state index contributed by atoms with van der Waals surface area (Å²) in [7, 11) is 3.17. The van der Waals surface area contributed by atoms with E-state index in [1.165, 1.54) is 11.1 Å². The first-order valence-corrected chi connectivity index (χ1v) is 12.9. The zero-order valence-corrected chi connectivity index (χ0v) is 22.6. The van der Waals surface area contributed by atoms with Crippen molar-refractivity contribution in [3.05, 3.63) is 46.0 Å². The maximum Gasteiger partial charge on any atom is 0.247 e. The lowest BCUT2D eigenvalue weighted by atomic mass is 9.49. The van der Waals surface area contributed by atoms with Crippen LogP contribution in [0.3, 0.4) is 0 Å². The lowest BCUT2D eigenvalue weighted by molar-refractivity contribution is -0.166. The molecule has 0 radical (unpaired) electrons. The SMILES string of the molecule is CN(C)[C@@H]1C(O)C(C(N)=O)=C[C@@]2(O)C(=O)C3=C(O)c4c(ccc(CNCC(C)(C)C)c4O)[C@@H]4C=N[C@]34[C@H](O)[C@@H]12. The van der Waals surface area contributed by atoms with Crippen LogP contribution >= 0.6 is 0 Å². The van der Waals surface area contributed by atoms with Crippen molar-refractivity contribution in [2.75, 3.05) is 20.6 Å². The van der Waals surface area contributed by atoms with Crippen molar-refractivity contribution in [2.45, 2.75) is 62.6 Å². The van der Waals surface area contributed by atoms with Crippen molar-refractivity contribution in [1.82, 2.24) is 10.2 Å². The van der Waals surface area contributed by atoms with Gasteiger partial charge in [0.15, 0.2) is 5.60 Å². The van der Waals surface area contributed by atoms with E-state index in [1.54, 1.807) is 26.2 Å². The molecule has 1 spiro atoms. The third-order valence-electron chi connectivity index (χ3n) is 8.54. The summed E-state index contributed by atoms with van der Waals surface area (Å²) in [6, 6.07) is 2.38. The van der Waals surface area contributed by atoms with Crippen LogP contribution in [0.25, 0.3) is 5.76 Å². The summed E-state index contributed by atoms with van der Waals surface area (Å²) >= 11 is 0. The number of phenols is 1. The molecule has 3 aliphatic carbocycles. The van der Waals surface area contributed by atoms with Gasteiger partial charge in [0.2, 0.25) is 11.7 Å². The van der Waals surface area contributed by atoms with Crippen LogP contribution < -0.4 is 11.1 Å². The van der Waals surface area contributed by atoms with Crippen molar-refractivity contribution in [1.29, 1.82) is 0 Å². The standard InChI is InChI=1S/C28H36N4O7/c1-26(2,3)11-30-9-12-6-7-13-15-10-31-28(15)18(22(35)16(13)20(12)33)23(36)27(39)8-14(25(29)38)21(34)19(32(4)5)17(27)24(28)37/h6-8,10,15,17,19,21,24,30,33-35,37,39H,9,11H2,1-5H3,(H2,29,38)/t15-,17+,19-,21?,24+,27-,28-/m0/s1. The van der Waals surface area contributed by atoms with Crippen molar-refractivity contribution in [3.8, 4) is 5.75 Å². The molecule has 1 aromatic rings. The van der Waals surface area contributed by atoms with E-state index < -0.39 is 58.7 Å². The molecule has 1 heterocycles. The number of fused-ring (bicyclic) bond motifs is 3. The Morgan fingerprint density at radius 2 is 1.87 bits per heavy atom. The number of amides is 1. The van der Waals surface area contributed by atoms with Crippen LogP contribution in [0.4, 0.5) is 0 Å². The van der Waals surface area contributed by atoms with Gasteiger partial charge in [-0.15, -0.1) is 0 Å². The molecule has 39 heavy (non-hydrogen) atoms. The smallest absolute Gasteiger partial charge is 0.247 e. The molecular formula is C28H36N4O7. The highest BCUT2D eigenvalue weighted by Gasteiger charge is 2.72. The Morgan fingerprint density at radius 1 is 1.21 bits per heavy atom. The van der Waals surface area contributed by atoms with Crippen LogP contribution in [0.15, 0.2) is 34.3 Å². The van der Waals surface area contributed by atoms with E-state index in [9.17, 15) is 35.1 Å². The molecular weight excluding hydrogens is 504 g/mol. The number of Topliss-reactive ketones (excluding diaryl/α,β-unsaturated/α-hetero) is 1. The predicted molar refractivity (Wildman–Crippen MR) is 143 cm³/mol. The van der Waals surface area contributed by atoms with Crippen LogP contribution in [-0.4, -0.2) is 98.4 Å². The van der Waals surface area contributed by atoms with E-state index >= 15 is 0 Å². The monoisotopic (exact) mass is 540 g/mol. The number of hydrogen-bond donors (Lipinski definition) is 7. The van der Waals surface area contributed by atoms with Crippen LogP contribution in [0.2, 0.25) is 0 Å². The first-order chi connectivity index (χ1) is 18.1. The van der Waals surface area contributed by atoms with Gasteiger partial charge in [-0.05, 0) is 31.1 Å². The summed E-state index contributed by atoms with van der Waals surface area (Å²) in [6.45, 7) is 7.18. The molecule has 210 valence electrons. The van der Waals surface area contributed by atoms with Gasteiger partial charge in [0.05, 0.1) is 23.2 Å². The average molecular weight is 541 g/mol. The van der Waals surface area contributed by atoms with E-state index in [1.807, 2.05) is 0 Å². The number of hydrogen-bond acceptors (Lipinski definition) is 10. The van der Waals surface area contributed by atoms with Crippen LogP contribution in [0.1, 0.15) is 43.4 Å². The number of benzene rings is 1. The number of aliphatic hydroxyl groups excluding tert-OH is 3. The number of aromatic hydroxyl groups is 1. The van der Waals surface area contributed by atoms with E-state index in [-0.39, 0.29) is 27.9 Å². The quantitative estimate of drug-likeness (QED) is 0.264. The van der Waals surface area contributed by atoms with E-state index in [4.69, 9.17) is 5.73 Å². The Bertz CT molecular complexity index is 1360. The molecule has 0 saturated heterocycles. The van der Waals surface area contributed by atoms with Gasteiger partial charge in [-0.3, -0.25) is 14.6 Å². The third-order valence-corrected chi connectivity index (χ3v) is 8.54. The molecule has 4 aliphatic rings. The molecule has 11 heteroatoms. The zero-order chi connectivity index (χ0) is 28.8. The third kappa shape index (κ3) is 3.64. The molecule has 8 N–H and O–H groups in total. The number of nitrogens with zero attached hydrogens (tertiary/aromatic N) is 2. The van der Waals surface area contributed by atoms with Crippen LogP contribution in [-0.2, 0) is 16.1 Å². The summed E-state index contributed by atoms with van der Waals surface area (Å²) in [5, 5.41) is 60.7. The van der Waals surface area contributed by atoms with Gasteiger partial charge in [-0.1, -0.05) is 32.9 Å². The summed E-state index contributed by atoms with van der Waals surface area (Å²) in [5.74, 6) is -4.82. The predicted octanol–water partition coefficient (Wildman–Crippen LogP) is -0.275. The highest BCUT2D eigenvalue weighted by Crippen LogP contribution is 2.61. The fourth-order valence-corrected chi connectivity index (χ4v) is 6.73. The topological polar surface area (TPSA) is 189 Å². The maximum absolute atomic E-state index is 14.1. The number of aliphatic imine (C=N–C) groups is 1. The molecule has 1 unspecified atom stereocenters. The highest BCUT2D eigenvalue weighted by molar-refractivity contribution is 6.15. The van der Waals surface area contributed by atoms with Crippen molar-refractivity contribution >= 4 is 23.7 Å². The lowest BCUT2D eigenvalue weighted by Crippen LogP contribution is -2.75. The molecule has 1 aromatic carbocycles. The summed E-state index contributed by atoms with van der Waals surface area (Å²) < 4.78 is 0. The molecule has 1 aliphatic heterocycles. The number of ketones is 1. The second-order valence-electron chi connectivity index (χ2n) is 12.5. The summed E-state index contributed by atoms with van der Waals surface area (Å²) in [4.78, 5) is 32.2. The fraction of sp³-hybridized carbons (Fsp3) is 0.536.